The monoisotopic (exact) mass is 237 g/mol. The Hall–Kier alpha value is -1.98. The van der Waals surface area contributed by atoms with Gasteiger partial charge >= 0.3 is 5.97 Å². The van der Waals surface area contributed by atoms with Crippen LogP contribution in [0.5, 0.6) is 0 Å². The van der Waals surface area contributed by atoms with Gasteiger partial charge in [0.25, 0.3) is 0 Å². The summed E-state index contributed by atoms with van der Waals surface area (Å²) in [7, 11) is 0. The fourth-order valence-electron chi connectivity index (χ4n) is 1.20. The zero-order chi connectivity index (χ0) is 12.8. The van der Waals surface area contributed by atoms with Gasteiger partial charge in [-0.2, -0.15) is 0 Å². The van der Waals surface area contributed by atoms with Crippen molar-refractivity contribution in [3.8, 4) is 0 Å². The molecule has 92 valence electrons. The number of amides is 1. The van der Waals surface area contributed by atoms with Crippen LogP contribution in [-0.4, -0.2) is 27.0 Å². The molecule has 0 saturated heterocycles. The van der Waals surface area contributed by atoms with Crippen LogP contribution in [0.3, 0.4) is 0 Å². The Kier molecular flexibility index (Phi) is 4.56. The Balaban J connectivity index is 2.47. The largest absolute Gasteiger partial charge is 0.481 e. The van der Waals surface area contributed by atoms with Crippen LogP contribution >= 0.6 is 0 Å². The molecule has 1 heterocycles. The fraction of sp³-hybridized carbons (Fsp3) is 0.455. The first-order valence-corrected chi connectivity index (χ1v) is 5.27. The molecule has 1 aromatic rings. The topological polar surface area (TPSA) is 92.2 Å². The molecule has 0 bridgehead atoms. The molecule has 2 N–H and O–H groups in total. The average molecular weight is 237 g/mol. The van der Waals surface area contributed by atoms with Crippen molar-refractivity contribution in [1.82, 2.24) is 15.3 Å². The molecule has 0 aromatic carbocycles. The summed E-state index contributed by atoms with van der Waals surface area (Å²) >= 11 is 0. The van der Waals surface area contributed by atoms with E-state index in [2.05, 4.69) is 15.3 Å². The first-order chi connectivity index (χ1) is 8.02. The number of carbonyl (C=O) groups excluding carboxylic acids is 1. The maximum atomic E-state index is 11.6. The minimum absolute atomic E-state index is 0.276. The lowest BCUT2D eigenvalue weighted by Gasteiger charge is -2.15. The number of nitrogens with zero attached hydrogens (tertiary/aromatic N) is 2. The van der Waals surface area contributed by atoms with Gasteiger partial charge in [0.2, 0.25) is 5.91 Å². The standard InChI is InChI=1S/C11H15N3O3/c1-7(8(2)11(16)17)10(15)13-5-9-3-4-12-6-14-9/h3-4,6-8H,5H2,1-2H3,(H,13,15)(H,16,17). The van der Waals surface area contributed by atoms with Crippen LogP contribution in [0.25, 0.3) is 0 Å². The van der Waals surface area contributed by atoms with Crippen LogP contribution in [0, 0.1) is 11.8 Å². The second-order valence-electron chi connectivity index (χ2n) is 3.83. The molecule has 2 atom stereocenters. The second-order valence-corrected chi connectivity index (χ2v) is 3.83. The molecule has 1 aromatic heterocycles. The number of rotatable bonds is 5. The Labute approximate surface area is 99.1 Å². The predicted molar refractivity (Wildman–Crippen MR) is 59.8 cm³/mol. The third-order valence-corrected chi connectivity index (χ3v) is 2.64. The molecule has 0 radical (unpaired) electrons. The molecular formula is C11H15N3O3. The molecule has 17 heavy (non-hydrogen) atoms. The SMILES string of the molecule is CC(C(=O)O)C(C)C(=O)NCc1ccncn1. The molecule has 0 fully saturated rings. The van der Waals surface area contributed by atoms with E-state index in [4.69, 9.17) is 5.11 Å². The van der Waals surface area contributed by atoms with E-state index in [-0.39, 0.29) is 12.5 Å². The number of aromatic nitrogens is 2. The van der Waals surface area contributed by atoms with E-state index < -0.39 is 17.8 Å². The molecule has 0 spiro atoms. The van der Waals surface area contributed by atoms with Gasteiger partial charge in [-0.3, -0.25) is 9.59 Å². The molecule has 0 aliphatic heterocycles. The number of carboxylic acid groups (broad SMARTS) is 1. The smallest absolute Gasteiger partial charge is 0.307 e. The highest BCUT2D eigenvalue weighted by Gasteiger charge is 2.25. The third kappa shape index (κ3) is 3.82. The van der Waals surface area contributed by atoms with Gasteiger partial charge in [-0.05, 0) is 6.07 Å². The Morgan fingerprint density at radius 3 is 2.65 bits per heavy atom. The third-order valence-electron chi connectivity index (χ3n) is 2.64. The predicted octanol–water partition coefficient (Wildman–Crippen LogP) is 0.450. The van der Waals surface area contributed by atoms with E-state index in [1.165, 1.54) is 13.3 Å². The lowest BCUT2D eigenvalue weighted by molar-refractivity contribution is -0.146. The fourth-order valence-corrected chi connectivity index (χ4v) is 1.20. The van der Waals surface area contributed by atoms with Crippen molar-refractivity contribution in [2.75, 3.05) is 0 Å². The van der Waals surface area contributed by atoms with E-state index in [9.17, 15) is 9.59 Å². The lowest BCUT2D eigenvalue weighted by atomic mass is 9.95. The van der Waals surface area contributed by atoms with Crippen LogP contribution < -0.4 is 5.32 Å². The van der Waals surface area contributed by atoms with E-state index in [0.717, 1.165) is 0 Å². The Morgan fingerprint density at radius 2 is 2.12 bits per heavy atom. The number of carbonyl (C=O) groups is 2. The van der Waals surface area contributed by atoms with E-state index in [1.807, 2.05) is 0 Å². The minimum atomic E-state index is -0.977. The van der Waals surface area contributed by atoms with Gasteiger partial charge in [-0.25, -0.2) is 9.97 Å². The van der Waals surface area contributed by atoms with Crippen LogP contribution in [0.2, 0.25) is 0 Å². The van der Waals surface area contributed by atoms with Gasteiger partial charge in [-0.15, -0.1) is 0 Å². The number of carboxylic acids is 1. The Morgan fingerprint density at radius 1 is 1.41 bits per heavy atom. The van der Waals surface area contributed by atoms with Gasteiger partial charge in [0.05, 0.1) is 18.2 Å². The summed E-state index contributed by atoms with van der Waals surface area (Å²) in [6.45, 7) is 3.38. The van der Waals surface area contributed by atoms with Crippen LogP contribution in [0.1, 0.15) is 19.5 Å². The maximum absolute atomic E-state index is 11.6. The molecule has 2 unspecified atom stereocenters. The molecule has 0 saturated carbocycles. The summed E-state index contributed by atoms with van der Waals surface area (Å²) in [6.07, 6.45) is 2.97. The summed E-state index contributed by atoms with van der Waals surface area (Å²) in [5, 5.41) is 11.4. The van der Waals surface area contributed by atoms with Crippen LogP contribution in [0.4, 0.5) is 0 Å². The molecule has 1 rings (SSSR count). The van der Waals surface area contributed by atoms with E-state index in [0.29, 0.717) is 5.69 Å². The van der Waals surface area contributed by atoms with Crippen molar-refractivity contribution in [3.05, 3.63) is 24.3 Å². The zero-order valence-corrected chi connectivity index (χ0v) is 9.75. The van der Waals surface area contributed by atoms with Gasteiger partial charge < -0.3 is 10.4 Å². The Bertz CT molecular complexity index is 394. The zero-order valence-electron chi connectivity index (χ0n) is 9.75. The number of hydrogen-bond acceptors (Lipinski definition) is 4. The van der Waals surface area contributed by atoms with E-state index in [1.54, 1.807) is 19.2 Å². The summed E-state index contributed by atoms with van der Waals surface area (Å²) in [5.41, 5.74) is 0.684. The van der Waals surface area contributed by atoms with Gasteiger partial charge in [0, 0.05) is 12.1 Å². The molecule has 0 aliphatic rings. The number of hydrogen-bond donors (Lipinski definition) is 2. The highest BCUT2D eigenvalue weighted by molar-refractivity contribution is 5.84. The van der Waals surface area contributed by atoms with Crippen molar-refractivity contribution in [3.63, 3.8) is 0 Å². The van der Waals surface area contributed by atoms with Crippen molar-refractivity contribution >= 4 is 11.9 Å². The van der Waals surface area contributed by atoms with Gasteiger partial charge in [0.1, 0.15) is 6.33 Å². The van der Waals surface area contributed by atoms with Gasteiger partial charge in [0.15, 0.2) is 0 Å². The minimum Gasteiger partial charge on any atom is -0.481 e. The summed E-state index contributed by atoms with van der Waals surface area (Å²) in [5.74, 6) is -2.55. The summed E-state index contributed by atoms with van der Waals surface area (Å²) in [4.78, 5) is 30.1. The first-order valence-electron chi connectivity index (χ1n) is 5.27. The molecule has 6 nitrogen and oxygen atoms in total. The molecular weight excluding hydrogens is 222 g/mol. The number of nitrogens with one attached hydrogen (secondary N) is 1. The molecule has 1 amide bonds. The van der Waals surface area contributed by atoms with Crippen molar-refractivity contribution in [1.29, 1.82) is 0 Å². The average Bonchev–Trinajstić information content (AvgIpc) is 2.35. The van der Waals surface area contributed by atoms with Crippen molar-refractivity contribution < 1.29 is 14.7 Å². The summed E-state index contributed by atoms with van der Waals surface area (Å²) < 4.78 is 0. The first kappa shape index (κ1) is 13.1. The molecule has 0 aliphatic carbocycles. The second kappa shape index (κ2) is 5.93. The normalized spacial score (nSPS) is 13.8. The van der Waals surface area contributed by atoms with Crippen LogP contribution in [-0.2, 0) is 16.1 Å². The summed E-state index contributed by atoms with van der Waals surface area (Å²) in [6, 6.07) is 1.69. The highest BCUT2D eigenvalue weighted by Crippen LogP contribution is 2.11. The van der Waals surface area contributed by atoms with Crippen molar-refractivity contribution in [2.45, 2.75) is 20.4 Å². The van der Waals surface area contributed by atoms with Crippen LogP contribution in [0.15, 0.2) is 18.6 Å². The van der Waals surface area contributed by atoms with E-state index >= 15 is 0 Å². The quantitative estimate of drug-likeness (QED) is 0.775. The number of aliphatic carboxylic acids is 1. The highest BCUT2D eigenvalue weighted by atomic mass is 16.4. The molecule has 6 heteroatoms. The maximum Gasteiger partial charge on any atom is 0.307 e. The lowest BCUT2D eigenvalue weighted by Crippen LogP contribution is -2.35. The van der Waals surface area contributed by atoms with Crippen molar-refractivity contribution in [2.24, 2.45) is 11.8 Å². The van der Waals surface area contributed by atoms with Gasteiger partial charge in [-0.1, -0.05) is 13.8 Å².